The Kier molecular flexibility index (Phi) is 2.11. The number of pyridine rings is 1. The topological polar surface area (TPSA) is 52.8 Å². The van der Waals surface area contributed by atoms with Crippen LogP contribution in [0.25, 0.3) is 17.1 Å². The summed E-state index contributed by atoms with van der Waals surface area (Å²) in [5, 5.41) is 8.47. The minimum absolute atomic E-state index is 0.440. The molecule has 0 saturated heterocycles. The minimum Gasteiger partial charge on any atom is -0.483 e. The summed E-state index contributed by atoms with van der Waals surface area (Å²) in [6.07, 6.45) is 3.50. The molecule has 0 radical (unpaired) electrons. The molecular formula is C14H10N4O. The van der Waals surface area contributed by atoms with Crippen molar-refractivity contribution in [2.45, 2.75) is 6.61 Å². The number of rotatable bonds is 1. The van der Waals surface area contributed by atoms with Crippen LogP contribution >= 0.6 is 0 Å². The predicted octanol–water partition coefficient (Wildman–Crippen LogP) is 2.22. The Bertz CT molecular complexity index is 736. The second kappa shape index (κ2) is 3.91. The quantitative estimate of drug-likeness (QED) is 0.664. The largest absolute Gasteiger partial charge is 0.483 e. The number of aromatic nitrogens is 4. The van der Waals surface area contributed by atoms with Crippen LogP contribution in [-0.4, -0.2) is 19.7 Å². The van der Waals surface area contributed by atoms with Crippen molar-refractivity contribution in [3.63, 3.8) is 0 Å². The van der Waals surface area contributed by atoms with E-state index in [0.29, 0.717) is 6.61 Å². The first kappa shape index (κ1) is 10.3. The summed E-state index contributed by atoms with van der Waals surface area (Å²) in [7, 11) is 0. The van der Waals surface area contributed by atoms with Gasteiger partial charge >= 0.3 is 0 Å². The number of hydrogen-bond donors (Lipinski definition) is 0. The molecule has 4 rings (SSSR count). The maximum Gasteiger partial charge on any atom is 0.176 e. The molecule has 0 saturated carbocycles. The molecule has 1 aromatic carbocycles. The van der Waals surface area contributed by atoms with E-state index in [1.807, 2.05) is 41.0 Å². The Labute approximate surface area is 109 Å². The highest BCUT2D eigenvalue weighted by atomic mass is 16.5. The maximum absolute atomic E-state index is 5.66. The summed E-state index contributed by atoms with van der Waals surface area (Å²) < 4.78 is 7.70. The van der Waals surface area contributed by atoms with E-state index in [-0.39, 0.29) is 0 Å². The first-order chi connectivity index (χ1) is 9.43. The van der Waals surface area contributed by atoms with E-state index in [9.17, 15) is 0 Å². The zero-order valence-corrected chi connectivity index (χ0v) is 10.0. The van der Waals surface area contributed by atoms with Gasteiger partial charge in [-0.25, -0.2) is 0 Å². The number of nitrogens with zero attached hydrogens (tertiary/aromatic N) is 4. The van der Waals surface area contributed by atoms with Gasteiger partial charge in [-0.15, -0.1) is 10.2 Å². The van der Waals surface area contributed by atoms with Gasteiger partial charge in [0.05, 0.1) is 5.69 Å². The van der Waals surface area contributed by atoms with Gasteiger partial charge in [-0.3, -0.25) is 9.55 Å². The number of benzene rings is 1. The third-order valence-corrected chi connectivity index (χ3v) is 3.13. The fraction of sp³-hybridized carbons (Fsp3) is 0.0714. The Morgan fingerprint density at radius 2 is 1.84 bits per heavy atom. The van der Waals surface area contributed by atoms with Crippen molar-refractivity contribution in [2.24, 2.45) is 0 Å². The molecular weight excluding hydrogens is 240 g/mol. The van der Waals surface area contributed by atoms with E-state index in [4.69, 9.17) is 4.74 Å². The van der Waals surface area contributed by atoms with Crippen molar-refractivity contribution in [2.75, 3.05) is 0 Å². The molecule has 0 aliphatic carbocycles. The number of ether oxygens (including phenoxy) is 1. The normalized spacial score (nSPS) is 12.4. The summed E-state index contributed by atoms with van der Waals surface area (Å²) in [5.74, 6) is 2.48. The minimum atomic E-state index is 0.440. The lowest BCUT2D eigenvalue weighted by atomic mass is 10.2. The standard InChI is InChI=1S/C14H10N4O/c1-2-4-12-11(3-1)18-13(9-19-12)16-17-14(18)10-5-7-15-8-6-10/h1-8H,9H2. The molecule has 0 N–H and O–H groups in total. The van der Waals surface area contributed by atoms with Gasteiger partial charge in [0.2, 0.25) is 0 Å². The van der Waals surface area contributed by atoms with Gasteiger partial charge < -0.3 is 4.74 Å². The average molecular weight is 250 g/mol. The maximum atomic E-state index is 5.66. The van der Waals surface area contributed by atoms with Crippen molar-refractivity contribution < 1.29 is 4.74 Å². The van der Waals surface area contributed by atoms with Crippen LogP contribution in [0.4, 0.5) is 0 Å². The van der Waals surface area contributed by atoms with E-state index in [1.54, 1.807) is 12.4 Å². The molecule has 0 amide bonds. The predicted molar refractivity (Wildman–Crippen MR) is 68.9 cm³/mol. The highest BCUT2D eigenvalue weighted by Crippen LogP contribution is 2.32. The highest BCUT2D eigenvalue weighted by molar-refractivity contribution is 5.61. The van der Waals surface area contributed by atoms with Crippen molar-refractivity contribution in [1.29, 1.82) is 0 Å². The van der Waals surface area contributed by atoms with Gasteiger partial charge in [-0.05, 0) is 24.3 Å². The second-order valence-electron chi connectivity index (χ2n) is 4.27. The van der Waals surface area contributed by atoms with Gasteiger partial charge in [0, 0.05) is 18.0 Å². The highest BCUT2D eigenvalue weighted by Gasteiger charge is 2.22. The molecule has 3 aromatic rings. The van der Waals surface area contributed by atoms with Gasteiger partial charge in [0.1, 0.15) is 12.4 Å². The van der Waals surface area contributed by atoms with Gasteiger partial charge in [-0.2, -0.15) is 0 Å². The fourth-order valence-corrected chi connectivity index (χ4v) is 2.26. The Morgan fingerprint density at radius 3 is 2.74 bits per heavy atom. The fourth-order valence-electron chi connectivity index (χ4n) is 2.26. The molecule has 92 valence electrons. The van der Waals surface area contributed by atoms with Crippen LogP contribution < -0.4 is 4.74 Å². The molecule has 5 heteroatoms. The van der Waals surface area contributed by atoms with Crippen LogP contribution in [0, 0.1) is 0 Å². The van der Waals surface area contributed by atoms with Crippen LogP contribution in [-0.2, 0) is 6.61 Å². The molecule has 3 heterocycles. The summed E-state index contributed by atoms with van der Waals surface area (Å²) in [6, 6.07) is 11.7. The van der Waals surface area contributed by atoms with Crippen molar-refractivity contribution >= 4 is 0 Å². The Morgan fingerprint density at radius 1 is 1.00 bits per heavy atom. The summed E-state index contributed by atoms with van der Waals surface area (Å²) >= 11 is 0. The van der Waals surface area contributed by atoms with E-state index in [0.717, 1.165) is 28.6 Å². The van der Waals surface area contributed by atoms with Gasteiger partial charge in [0.25, 0.3) is 0 Å². The summed E-state index contributed by atoms with van der Waals surface area (Å²) in [4.78, 5) is 4.03. The average Bonchev–Trinajstić information content (AvgIpc) is 2.92. The lowest BCUT2D eigenvalue weighted by Crippen LogP contribution is -2.13. The lowest BCUT2D eigenvalue weighted by Gasteiger charge is -2.19. The molecule has 1 aliphatic heterocycles. The molecule has 0 atom stereocenters. The molecule has 1 aliphatic rings. The van der Waals surface area contributed by atoms with Crippen LogP contribution in [0.15, 0.2) is 48.8 Å². The summed E-state index contributed by atoms with van der Waals surface area (Å²) in [6.45, 7) is 0.440. The van der Waals surface area contributed by atoms with Crippen LogP contribution in [0.5, 0.6) is 5.75 Å². The van der Waals surface area contributed by atoms with Crippen molar-refractivity contribution in [3.05, 3.63) is 54.6 Å². The number of para-hydroxylation sites is 2. The van der Waals surface area contributed by atoms with Crippen molar-refractivity contribution in [1.82, 2.24) is 19.7 Å². The van der Waals surface area contributed by atoms with Crippen molar-refractivity contribution in [3.8, 4) is 22.8 Å². The third-order valence-electron chi connectivity index (χ3n) is 3.13. The number of fused-ring (bicyclic) bond motifs is 3. The molecule has 0 bridgehead atoms. The van der Waals surface area contributed by atoms with E-state index < -0.39 is 0 Å². The molecule has 0 spiro atoms. The first-order valence-electron chi connectivity index (χ1n) is 6.00. The smallest absolute Gasteiger partial charge is 0.176 e. The second-order valence-corrected chi connectivity index (χ2v) is 4.27. The van der Waals surface area contributed by atoms with E-state index in [2.05, 4.69) is 15.2 Å². The van der Waals surface area contributed by atoms with Gasteiger partial charge in [-0.1, -0.05) is 12.1 Å². The SMILES string of the molecule is c1ccc2c(c1)OCc1nnc(-c3ccncc3)n1-2. The van der Waals surface area contributed by atoms with Crippen LogP contribution in [0.3, 0.4) is 0 Å². The molecule has 19 heavy (non-hydrogen) atoms. The molecule has 0 unspecified atom stereocenters. The molecule has 0 fully saturated rings. The van der Waals surface area contributed by atoms with Crippen LogP contribution in [0.1, 0.15) is 5.82 Å². The van der Waals surface area contributed by atoms with E-state index >= 15 is 0 Å². The molecule has 2 aromatic heterocycles. The van der Waals surface area contributed by atoms with Gasteiger partial charge in [0.15, 0.2) is 11.6 Å². The lowest BCUT2D eigenvalue weighted by molar-refractivity contribution is 0.279. The Balaban J connectivity index is 1.97. The zero-order chi connectivity index (χ0) is 12.7. The zero-order valence-electron chi connectivity index (χ0n) is 10.0. The van der Waals surface area contributed by atoms with E-state index in [1.165, 1.54) is 0 Å². The Hall–Kier alpha value is -2.69. The number of hydrogen-bond acceptors (Lipinski definition) is 4. The summed E-state index contributed by atoms with van der Waals surface area (Å²) in [5.41, 5.74) is 1.96. The van der Waals surface area contributed by atoms with Crippen LogP contribution in [0.2, 0.25) is 0 Å². The molecule has 5 nitrogen and oxygen atoms in total. The third kappa shape index (κ3) is 1.52. The first-order valence-corrected chi connectivity index (χ1v) is 6.00. The monoisotopic (exact) mass is 250 g/mol.